The zero-order valence-electron chi connectivity index (χ0n) is 10.1. The maximum absolute atomic E-state index is 11.7. The predicted molar refractivity (Wildman–Crippen MR) is 70.4 cm³/mol. The van der Waals surface area contributed by atoms with Gasteiger partial charge in [-0.3, -0.25) is 14.9 Å². The van der Waals surface area contributed by atoms with Gasteiger partial charge in [-0.15, -0.1) is 0 Å². The second kappa shape index (κ2) is 7.11. The zero-order valence-corrected chi connectivity index (χ0v) is 12.1. The number of carbonyl (C=O) groups excluding carboxylic acids is 2. The van der Waals surface area contributed by atoms with E-state index in [4.69, 9.17) is 0 Å². The van der Waals surface area contributed by atoms with Crippen molar-refractivity contribution in [1.29, 1.82) is 0 Å². The van der Waals surface area contributed by atoms with E-state index >= 15 is 0 Å². The summed E-state index contributed by atoms with van der Waals surface area (Å²) in [4.78, 5) is 23.4. The molecule has 85 valence electrons. The molecule has 0 saturated carbocycles. The molecule has 1 N–H and O–H groups in total. The summed E-state index contributed by atoms with van der Waals surface area (Å²) < 4.78 is 0. The molecule has 2 amide bonds. The van der Waals surface area contributed by atoms with Gasteiger partial charge in [-0.05, 0) is 24.3 Å². The topological polar surface area (TPSA) is 46.2 Å². The van der Waals surface area contributed by atoms with E-state index in [2.05, 4.69) is 5.32 Å². The Morgan fingerprint density at radius 2 is 1.00 bits per heavy atom. The Balaban J connectivity index is 0.00000162. The van der Waals surface area contributed by atoms with Crippen molar-refractivity contribution >= 4 is 41.4 Å². The van der Waals surface area contributed by atoms with Crippen molar-refractivity contribution < 1.29 is 9.59 Å². The summed E-state index contributed by atoms with van der Waals surface area (Å²) in [6, 6.07) is 17.3. The smallest absolute Gasteiger partial charge is 0.258 e. The van der Waals surface area contributed by atoms with E-state index in [1.54, 1.807) is 48.5 Å². The van der Waals surface area contributed by atoms with E-state index in [0.29, 0.717) is 11.1 Å². The van der Waals surface area contributed by atoms with Gasteiger partial charge < -0.3 is 0 Å². The molecule has 0 atom stereocenters. The second-order valence-corrected chi connectivity index (χ2v) is 3.52. The predicted octanol–water partition coefficient (Wildman–Crippen LogP) is 1.88. The Bertz CT molecular complexity index is 477. The molecule has 0 bridgehead atoms. The first kappa shape index (κ1) is 14.6. The van der Waals surface area contributed by atoms with Crippen molar-refractivity contribution in [3.8, 4) is 0 Å². The molecule has 0 aliphatic carbocycles. The molecule has 0 spiro atoms. The van der Waals surface area contributed by atoms with Crippen LogP contribution < -0.4 is 5.32 Å². The van der Waals surface area contributed by atoms with Crippen LogP contribution in [0.15, 0.2) is 60.7 Å². The summed E-state index contributed by atoms with van der Waals surface area (Å²) in [6.07, 6.45) is 0. The molecule has 0 aliphatic heterocycles. The maximum Gasteiger partial charge on any atom is 0.258 e. The summed E-state index contributed by atoms with van der Waals surface area (Å²) in [5, 5.41) is 2.33. The molecule has 0 fully saturated rings. The number of hydrogen-bond acceptors (Lipinski definition) is 2. The minimum Gasteiger partial charge on any atom is -0.288 e. The SMILES string of the molecule is O=C(NC(=O)c1ccccc1)c1ccccc1.[Na]. The van der Waals surface area contributed by atoms with Gasteiger partial charge in [0.2, 0.25) is 0 Å². The fourth-order valence-electron chi connectivity index (χ4n) is 1.43. The molecule has 0 aromatic heterocycles. The Kier molecular flexibility index (Phi) is 5.78. The van der Waals surface area contributed by atoms with Crippen LogP contribution in [0.25, 0.3) is 0 Å². The van der Waals surface area contributed by atoms with Crippen molar-refractivity contribution in [2.75, 3.05) is 0 Å². The van der Waals surface area contributed by atoms with E-state index in [1.807, 2.05) is 12.1 Å². The molecule has 4 heteroatoms. The van der Waals surface area contributed by atoms with E-state index in [-0.39, 0.29) is 41.4 Å². The van der Waals surface area contributed by atoms with Gasteiger partial charge in [0.1, 0.15) is 0 Å². The zero-order chi connectivity index (χ0) is 12.1. The average molecular weight is 248 g/mol. The molecule has 0 saturated heterocycles. The Hall–Kier alpha value is -1.42. The van der Waals surface area contributed by atoms with Gasteiger partial charge in [0.25, 0.3) is 11.8 Å². The normalized spacial score (nSPS) is 9.11. The summed E-state index contributed by atoms with van der Waals surface area (Å²) >= 11 is 0. The quantitative estimate of drug-likeness (QED) is 0.651. The molecular formula is C14H11NNaO2. The van der Waals surface area contributed by atoms with E-state index in [1.165, 1.54) is 0 Å². The van der Waals surface area contributed by atoms with Gasteiger partial charge >= 0.3 is 0 Å². The van der Waals surface area contributed by atoms with Crippen molar-refractivity contribution in [2.24, 2.45) is 0 Å². The number of benzene rings is 2. The first-order chi connectivity index (χ1) is 8.27. The molecule has 3 nitrogen and oxygen atoms in total. The van der Waals surface area contributed by atoms with Crippen molar-refractivity contribution in [3.05, 3.63) is 71.8 Å². The van der Waals surface area contributed by atoms with Crippen LogP contribution in [-0.4, -0.2) is 41.4 Å². The fourth-order valence-corrected chi connectivity index (χ4v) is 1.43. The summed E-state index contributed by atoms with van der Waals surface area (Å²) in [5.41, 5.74) is 0.938. The van der Waals surface area contributed by atoms with Gasteiger partial charge in [0, 0.05) is 40.7 Å². The van der Waals surface area contributed by atoms with Crippen molar-refractivity contribution in [1.82, 2.24) is 5.32 Å². The van der Waals surface area contributed by atoms with Crippen LogP contribution in [-0.2, 0) is 0 Å². The molecule has 2 aromatic carbocycles. The number of carbonyl (C=O) groups is 2. The van der Waals surface area contributed by atoms with Crippen LogP contribution in [0.2, 0.25) is 0 Å². The molecule has 2 aromatic rings. The average Bonchev–Trinajstić information content (AvgIpc) is 2.40. The molecule has 1 radical (unpaired) electrons. The van der Waals surface area contributed by atoms with Crippen molar-refractivity contribution in [2.45, 2.75) is 0 Å². The van der Waals surface area contributed by atoms with Crippen molar-refractivity contribution in [3.63, 3.8) is 0 Å². The van der Waals surface area contributed by atoms with Gasteiger partial charge in [-0.25, -0.2) is 0 Å². The first-order valence-electron chi connectivity index (χ1n) is 5.23. The third-order valence-electron chi connectivity index (χ3n) is 2.30. The minimum absolute atomic E-state index is 0. The van der Waals surface area contributed by atoms with Gasteiger partial charge in [-0.1, -0.05) is 36.4 Å². The Labute approximate surface area is 128 Å². The third kappa shape index (κ3) is 3.81. The molecule has 0 aliphatic rings. The third-order valence-corrected chi connectivity index (χ3v) is 2.30. The van der Waals surface area contributed by atoms with Crippen LogP contribution in [0.3, 0.4) is 0 Å². The van der Waals surface area contributed by atoms with Crippen LogP contribution in [0.1, 0.15) is 20.7 Å². The van der Waals surface area contributed by atoms with Crippen LogP contribution in [0.4, 0.5) is 0 Å². The van der Waals surface area contributed by atoms with Gasteiger partial charge in [0.05, 0.1) is 0 Å². The first-order valence-corrected chi connectivity index (χ1v) is 5.23. The van der Waals surface area contributed by atoms with Gasteiger partial charge in [0.15, 0.2) is 0 Å². The summed E-state index contributed by atoms with van der Waals surface area (Å²) in [5.74, 6) is -0.779. The van der Waals surface area contributed by atoms with E-state index < -0.39 is 0 Å². The standard InChI is InChI=1S/C14H11NO2.Na/c16-13(11-7-3-1-4-8-11)15-14(17)12-9-5-2-6-10-12;/h1-10H,(H,15,16,17);. The summed E-state index contributed by atoms with van der Waals surface area (Å²) in [7, 11) is 0. The Morgan fingerprint density at radius 1 is 0.667 bits per heavy atom. The molecule has 2 rings (SSSR count). The molecular weight excluding hydrogens is 237 g/mol. The van der Waals surface area contributed by atoms with Gasteiger partial charge in [-0.2, -0.15) is 0 Å². The fraction of sp³-hybridized carbons (Fsp3) is 0. The molecule has 0 unspecified atom stereocenters. The van der Waals surface area contributed by atoms with Crippen LogP contribution in [0, 0.1) is 0 Å². The van der Waals surface area contributed by atoms with E-state index in [9.17, 15) is 9.59 Å². The monoisotopic (exact) mass is 248 g/mol. The van der Waals surface area contributed by atoms with E-state index in [0.717, 1.165) is 0 Å². The number of hydrogen-bond donors (Lipinski definition) is 1. The second-order valence-electron chi connectivity index (χ2n) is 3.52. The van der Waals surface area contributed by atoms with Crippen LogP contribution >= 0.6 is 0 Å². The number of nitrogens with one attached hydrogen (secondary N) is 1. The number of amides is 2. The largest absolute Gasteiger partial charge is 0.288 e. The maximum atomic E-state index is 11.7. The minimum atomic E-state index is -0.389. The molecule has 18 heavy (non-hydrogen) atoms. The molecule has 0 heterocycles. The van der Waals surface area contributed by atoms with Crippen LogP contribution in [0.5, 0.6) is 0 Å². The Morgan fingerprint density at radius 3 is 1.33 bits per heavy atom. The summed E-state index contributed by atoms with van der Waals surface area (Å²) in [6.45, 7) is 0. The number of rotatable bonds is 2. The number of imide groups is 1.